The molecule has 5 aliphatic rings. The van der Waals surface area contributed by atoms with Gasteiger partial charge in [0, 0.05) is 80.0 Å². The van der Waals surface area contributed by atoms with Crippen LogP contribution < -0.4 is 5.32 Å². The molecule has 15 heteroatoms. The Bertz CT molecular complexity index is 1610. The van der Waals surface area contributed by atoms with Crippen molar-refractivity contribution in [2.24, 2.45) is 22.7 Å². The number of carbonyl (C=O) groups is 2. The van der Waals surface area contributed by atoms with Gasteiger partial charge in [0.05, 0.1) is 24.4 Å². The zero-order valence-electron chi connectivity index (χ0n) is 32.5. The first-order valence-corrected chi connectivity index (χ1v) is 18.3. The smallest absolute Gasteiger partial charge is 0.408 e. The van der Waals surface area contributed by atoms with Crippen molar-refractivity contribution in [1.29, 1.82) is 0 Å². The third-order valence-corrected chi connectivity index (χ3v) is 12.6. The van der Waals surface area contributed by atoms with E-state index in [1.807, 2.05) is 46.7 Å². The van der Waals surface area contributed by atoms with Crippen molar-refractivity contribution in [2.75, 3.05) is 27.2 Å². The number of nitrogens with one attached hydrogen (secondary N) is 1. The molecule has 2 saturated heterocycles. The molecule has 0 aromatic carbocycles. The predicted octanol–water partition coefficient (Wildman–Crippen LogP) is 3.40. The van der Waals surface area contributed by atoms with Crippen LogP contribution in [0.25, 0.3) is 0 Å². The van der Waals surface area contributed by atoms with Gasteiger partial charge in [-0.15, -0.1) is 0 Å². The first-order chi connectivity index (χ1) is 24.0. The third-order valence-electron chi connectivity index (χ3n) is 12.6. The summed E-state index contributed by atoms with van der Waals surface area (Å²) >= 11 is 0. The fourth-order valence-corrected chi connectivity index (χ4v) is 10.1. The van der Waals surface area contributed by atoms with Crippen molar-refractivity contribution in [1.82, 2.24) is 15.2 Å². The Balaban J connectivity index is 0.00000541. The van der Waals surface area contributed by atoms with Crippen LogP contribution in [0.3, 0.4) is 0 Å². The Morgan fingerprint density at radius 3 is 2.45 bits per heavy atom. The molecular formula is C38H56AcFN3O10. The predicted molar refractivity (Wildman–Crippen MR) is 185 cm³/mol. The van der Waals surface area contributed by atoms with E-state index in [2.05, 4.69) is 17.2 Å². The molecular weight excluding hydrogens is 904 g/mol. The second-order valence-corrected chi connectivity index (χ2v) is 17.6. The topological polar surface area (TPSA) is 169 Å². The van der Waals surface area contributed by atoms with Gasteiger partial charge in [-0.3, -0.25) is 4.98 Å². The molecule has 13 nitrogen and oxygen atoms in total. The second-order valence-electron chi connectivity index (χ2n) is 17.6. The average molecular weight is 961 g/mol. The number of aromatic nitrogens is 1. The van der Waals surface area contributed by atoms with E-state index in [1.54, 1.807) is 20.8 Å². The minimum absolute atomic E-state index is 0. The standard InChI is InChI=1S/C38H56FN3O10.Ac/c1-19-22(49-32(44)28(43)27(26-21(39)12-11-15-40-26)41-33(45)52-34(3,4)5)16-38(47)20(2)30-36(8,14-13-23-37(30,46)18-48-23)31-29(25(19)35(38,6)7)50-24(51-31)17-42(9)10;/h11-12,15,20,22-24,27-31,43,46-47H,13-14,16-18H2,1-10H3,(H,41,45);/t20-,22-,23+,24+,27-,28+,29+,30-,31+,36+,37-,38+;/m0./s1. The maximum absolute atomic E-state index is 15.1. The van der Waals surface area contributed by atoms with Crippen LogP contribution in [-0.2, 0) is 28.5 Å². The first-order valence-electron chi connectivity index (χ1n) is 18.3. The van der Waals surface area contributed by atoms with Crippen molar-refractivity contribution in [3.63, 3.8) is 0 Å². The number of aliphatic hydroxyl groups is 3. The number of aliphatic hydroxyl groups excluding tert-OH is 1. The van der Waals surface area contributed by atoms with Gasteiger partial charge < -0.3 is 49.2 Å². The Morgan fingerprint density at radius 2 is 1.87 bits per heavy atom. The number of halogens is 1. The van der Waals surface area contributed by atoms with Crippen molar-refractivity contribution in [2.45, 2.75) is 134 Å². The maximum Gasteiger partial charge on any atom is 0.408 e. The number of hydrogen-bond acceptors (Lipinski definition) is 12. The molecule has 3 aliphatic carbocycles. The van der Waals surface area contributed by atoms with E-state index in [9.17, 15) is 24.9 Å². The number of ether oxygens (including phenoxy) is 5. The first kappa shape index (κ1) is 42.9. The Labute approximate surface area is 347 Å². The number of alkyl carbamates (subject to hydrolysis) is 1. The van der Waals surface area contributed by atoms with Crippen LogP contribution in [0.1, 0.15) is 86.4 Å². The SMILES string of the molecule is CC1=C2[C@H]3O[C@@H](CN(C)C)O[C@H]3[C@]3(C)CC[C@H]4OC[C@@]4(O)[C@H]3[C@H](C)[C@](O)(C[C@@H]1OC(=O)[C@H](O)[C@@H](NC(=O)OC(C)(C)C)c1ncccc1F)C2(C)C.[Ac]. The molecule has 1 aromatic rings. The monoisotopic (exact) mass is 960 g/mol. The van der Waals surface area contributed by atoms with Gasteiger partial charge in [0.2, 0.25) is 0 Å². The molecule has 6 rings (SSSR count). The minimum Gasteiger partial charge on any atom is -0.456 e. The summed E-state index contributed by atoms with van der Waals surface area (Å²) in [6, 6.07) is 0.775. The van der Waals surface area contributed by atoms with Gasteiger partial charge in [-0.2, -0.15) is 0 Å². The normalized spacial score (nSPS) is 38.4. The molecule has 293 valence electrons. The van der Waals surface area contributed by atoms with Crippen molar-refractivity contribution >= 4 is 12.1 Å². The molecule has 12 atom stereocenters. The molecule has 2 aliphatic heterocycles. The fourth-order valence-electron chi connectivity index (χ4n) is 10.1. The minimum atomic E-state index is -2.11. The number of hydrogen-bond donors (Lipinski definition) is 4. The largest absolute Gasteiger partial charge is 0.456 e. The quantitative estimate of drug-likeness (QED) is 0.233. The van der Waals surface area contributed by atoms with E-state index in [0.717, 1.165) is 11.6 Å². The molecule has 0 unspecified atom stereocenters. The van der Waals surface area contributed by atoms with E-state index in [0.29, 0.717) is 25.0 Å². The number of esters is 1. The average Bonchev–Trinajstić information content (AvgIpc) is 3.43. The van der Waals surface area contributed by atoms with Crippen molar-refractivity contribution in [3.05, 3.63) is 41.0 Å². The number of fused-ring (bicyclic) bond motifs is 8. The second kappa shape index (κ2) is 14.9. The number of amides is 1. The summed E-state index contributed by atoms with van der Waals surface area (Å²) in [4.78, 5) is 32.8. The number of nitrogens with zero attached hydrogens (tertiary/aromatic N) is 2. The number of carbonyl (C=O) groups excluding carboxylic acids is 2. The van der Waals surface area contributed by atoms with Gasteiger partial charge in [-0.1, -0.05) is 27.7 Å². The van der Waals surface area contributed by atoms with Gasteiger partial charge in [0.1, 0.15) is 41.0 Å². The Morgan fingerprint density at radius 1 is 1.19 bits per heavy atom. The molecule has 1 amide bonds. The molecule has 53 heavy (non-hydrogen) atoms. The third kappa shape index (κ3) is 7.27. The van der Waals surface area contributed by atoms with E-state index < -0.39 is 94.1 Å². The Hall–Kier alpha value is -1.28. The summed E-state index contributed by atoms with van der Waals surface area (Å²) in [7, 11) is 3.85. The van der Waals surface area contributed by atoms with Crippen LogP contribution in [0, 0.1) is 72.5 Å². The molecule has 0 spiro atoms. The summed E-state index contributed by atoms with van der Waals surface area (Å²) in [6.45, 7) is 15.3. The van der Waals surface area contributed by atoms with E-state index in [1.165, 1.54) is 12.3 Å². The van der Waals surface area contributed by atoms with Gasteiger partial charge in [0.15, 0.2) is 12.4 Å². The summed E-state index contributed by atoms with van der Waals surface area (Å²) in [5.74, 6) is -3.06. The maximum atomic E-state index is 15.1. The summed E-state index contributed by atoms with van der Waals surface area (Å²) < 4.78 is 45.9. The molecule has 1 radical (unpaired) electrons. The van der Waals surface area contributed by atoms with E-state index in [-0.39, 0.29) is 68.9 Å². The molecule has 2 saturated carbocycles. The van der Waals surface area contributed by atoms with E-state index >= 15 is 4.39 Å². The molecule has 4 N–H and O–H groups in total. The summed E-state index contributed by atoms with van der Waals surface area (Å²) in [5.41, 5.74) is -4.32. The van der Waals surface area contributed by atoms with Crippen molar-refractivity contribution < 1.29 is 97.0 Å². The summed E-state index contributed by atoms with van der Waals surface area (Å²) in [5, 5.41) is 39.3. The van der Waals surface area contributed by atoms with Crippen LogP contribution >= 0.6 is 0 Å². The van der Waals surface area contributed by atoms with Crippen LogP contribution in [0.4, 0.5) is 9.18 Å². The number of pyridine rings is 1. The zero-order valence-corrected chi connectivity index (χ0v) is 37.3. The fraction of sp³-hybridized carbons (Fsp3) is 0.763. The Kier molecular flexibility index (Phi) is 12.1. The summed E-state index contributed by atoms with van der Waals surface area (Å²) in [6.07, 6.45) is -3.83. The van der Waals surface area contributed by atoms with Crippen LogP contribution in [0.15, 0.2) is 29.5 Å². The zero-order chi connectivity index (χ0) is 38.3. The number of likely N-dealkylation sites (N-methyl/N-ethyl adjacent to an activating group) is 1. The van der Waals surface area contributed by atoms with E-state index in [4.69, 9.17) is 23.7 Å². The molecule has 1 aromatic heterocycles. The molecule has 3 heterocycles. The molecule has 2 bridgehead atoms. The molecule has 4 fully saturated rings. The van der Waals surface area contributed by atoms with Gasteiger partial charge in [0.25, 0.3) is 0 Å². The van der Waals surface area contributed by atoms with Gasteiger partial charge in [-0.25, -0.2) is 14.0 Å². The van der Waals surface area contributed by atoms with Crippen LogP contribution in [0.5, 0.6) is 0 Å². The van der Waals surface area contributed by atoms with Crippen LogP contribution in [0.2, 0.25) is 0 Å². The van der Waals surface area contributed by atoms with Crippen LogP contribution in [-0.4, -0.2) is 118 Å². The van der Waals surface area contributed by atoms with Crippen molar-refractivity contribution in [3.8, 4) is 0 Å². The van der Waals surface area contributed by atoms with Gasteiger partial charge in [-0.05, 0) is 83.8 Å². The van der Waals surface area contributed by atoms with Gasteiger partial charge >= 0.3 is 12.1 Å². The number of rotatable bonds is 7.